The van der Waals surface area contributed by atoms with Crippen LogP contribution in [0.5, 0.6) is 0 Å². The first-order chi connectivity index (χ1) is 6.59. The summed E-state index contributed by atoms with van der Waals surface area (Å²) in [7, 11) is 0. The van der Waals surface area contributed by atoms with Crippen LogP contribution < -0.4 is 5.32 Å². The molecule has 0 fully saturated rings. The van der Waals surface area contributed by atoms with Gasteiger partial charge in [0.15, 0.2) is 5.13 Å². The third-order valence-corrected chi connectivity index (χ3v) is 3.87. The Morgan fingerprint density at radius 1 is 1.57 bits per heavy atom. The summed E-state index contributed by atoms with van der Waals surface area (Å²) in [6.07, 6.45) is 1.51. The van der Waals surface area contributed by atoms with Crippen molar-refractivity contribution in [2.45, 2.75) is 32.3 Å². The summed E-state index contributed by atoms with van der Waals surface area (Å²) < 4.78 is 0.835. The Morgan fingerprint density at radius 3 is 2.64 bits per heavy atom. The molecule has 1 aromatic rings. The van der Waals surface area contributed by atoms with Gasteiger partial charge >= 0.3 is 0 Å². The maximum atomic E-state index is 10.00. The van der Waals surface area contributed by atoms with Gasteiger partial charge in [0.2, 0.25) is 0 Å². The van der Waals surface area contributed by atoms with E-state index in [1.807, 2.05) is 19.2 Å². The van der Waals surface area contributed by atoms with E-state index >= 15 is 0 Å². The molecule has 0 radical (unpaired) electrons. The van der Waals surface area contributed by atoms with Crippen molar-refractivity contribution in [3.63, 3.8) is 0 Å². The first-order valence-electron chi connectivity index (χ1n) is 4.67. The van der Waals surface area contributed by atoms with E-state index in [2.05, 4.69) is 26.2 Å². The Morgan fingerprint density at radius 2 is 2.21 bits per heavy atom. The maximum absolute atomic E-state index is 10.00. The van der Waals surface area contributed by atoms with Crippen LogP contribution in [0.15, 0.2) is 9.98 Å². The number of hydrogen-bond acceptors (Lipinski definition) is 4. The molecule has 0 atom stereocenters. The predicted octanol–water partition coefficient (Wildman–Crippen LogP) is 2.87. The standard InChI is InChI=1S/C9H15BrN2OS/c1-3-9(13,4-2)6-11-8-12-7(10)5-14-8/h5,13H,3-4,6H2,1-2H3,(H,11,12). The smallest absolute Gasteiger partial charge is 0.183 e. The Balaban J connectivity index is 2.47. The SMILES string of the molecule is CCC(O)(CC)CNc1nc(Br)cs1. The number of aliphatic hydroxyl groups is 1. The van der Waals surface area contributed by atoms with Crippen LogP contribution >= 0.6 is 27.3 Å². The van der Waals surface area contributed by atoms with Gasteiger partial charge in [-0.05, 0) is 28.8 Å². The van der Waals surface area contributed by atoms with Gasteiger partial charge in [0.05, 0.1) is 5.60 Å². The second kappa shape index (κ2) is 5.09. The normalized spacial score (nSPS) is 11.7. The van der Waals surface area contributed by atoms with Crippen molar-refractivity contribution in [1.82, 2.24) is 4.98 Å². The summed E-state index contributed by atoms with van der Waals surface area (Å²) in [5.41, 5.74) is -0.613. The topological polar surface area (TPSA) is 45.1 Å². The third kappa shape index (κ3) is 3.22. The lowest BCUT2D eigenvalue weighted by Crippen LogP contribution is -2.35. The van der Waals surface area contributed by atoms with Crippen molar-refractivity contribution >= 4 is 32.4 Å². The molecule has 3 nitrogen and oxygen atoms in total. The van der Waals surface area contributed by atoms with E-state index in [4.69, 9.17) is 0 Å². The highest BCUT2D eigenvalue weighted by Crippen LogP contribution is 2.21. The van der Waals surface area contributed by atoms with Crippen LogP contribution in [0.25, 0.3) is 0 Å². The first kappa shape index (κ1) is 11.9. The molecule has 0 aromatic carbocycles. The number of aromatic nitrogens is 1. The van der Waals surface area contributed by atoms with E-state index in [-0.39, 0.29) is 0 Å². The molecule has 0 aliphatic rings. The van der Waals surface area contributed by atoms with Gasteiger partial charge in [0.25, 0.3) is 0 Å². The average molecular weight is 279 g/mol. The zero-order chi connectivity index (χ0) is 10.6. The summed E-state index contributed by atoms with van der Waals surface area (Å²) >= 11 is 4.81. The van der Waals surface area contributed by atoms with Crippen LogP contribution in [0, 0.1) is 0 Å². The van der Waals surface area contributed by atoms with Crippen LogP contribution in [-0.4, -0.2) is 22.2 Å². The second-order valence-electron chi connectivity index (χ2n) is 3.26. The van der Waals surface area contributed by atoms with Crippen molar-refractivity contribution < 1.29 is 5.11 Å². The molecule has 0 aliphatic heterocycles. The molecular weight excluding hydrogens is 264 g/mol. The summed E-state index contributed by atoms with van der Waals surface area (Å²) in [6, 6.07) is 0. The van der Waals surface area contributed by atoms with Gasteiger partial charge in [-0.25, -0.2) is 4.98 Å². The molecule has 14 heavy (non-hydrogen) atoms. The third-order valence-electron chi connectivity index (χ3n) is 2.36. The monoisotopic (exact) mass is 278 g/mol. The number of anilines is 1. The molecule has 0 spiro atoms. The van der Waals surface area contributed by atoms with E-state index in [0.29, 0.717) is 6.54 Å². The zero-order valence-corrected chi connectivity index (χ0v) is 10.8. The second-order valence-corrected chi connectivity index (χ2v) is 4.93. The maximum Gasteiger partial charge on any atom is 0.183 e. The minimum absolute atomic E-state index is 0.556. The molecule has 0 amide bonds. The fraction of sp³-hybridized carbons (Fsp3) is 0.667. The molecule has 80 valence electrons. The molecule has 1 rings (SSSR count). The summed E-state index contributed by atoms with van der Waals surface area (Å²) in [4.78, 5) is 4.20. The van der Waals surface area contributed by atoms with Crippen LogP contribution in [0.3, 0.4) is 0 Å². The predicted molar refractivity (Wildman–Crippen MR) is 63.8 cm³/mol. The Kier molecular flexibility index (Phi) is 4.34. The number of nitrogens with one attached hydrogen (secondary N) is 1. The van der Waals surface area contributed by atoms with Gasteiger partial charge in [-0.1, -0.05) is 13.8 Å². The molecule has 1 aromatic heterocycles. The largest absolute Gasteiger partial charge is 0.388 e. The molecule has 0 aliphatic carbocycles. The van der Waals surface area contributed by atoms with E-state index in [9.17, 15) is 5.11 Å². The molecule has 0 saturated carbocycles. The van der Waals surface area contributed by atoms with Crippen LogP contribution in [-0.2, 0) is 0 Å². The lowest BCUT2D eigenvalue weighted by molar-refractivity contribution is 0.0457. The molecule has 1 heterocycles. The Hall–Kier alpha value is -0.130. The molecule has 0 unspecified atom stereocenters. The lowest BCUT2D eigenvalue weighted by Gasteiger charge is -2.25. The number of rotatable bonds is 5. The van der Waals surface area contributed by atoms with Gasteiger partial charge in [0.1, 0.15) is 4.60 Å². The van der Waals surface area contributed by atoms with E-state index in [1.165, 1.54) is 11.3 Å². The highest BCUT2D eigenvalue weighted by molar-refractivity contribution is 9.10. The molecule has 0 saturated heterocycles. The minimum atomic E-state index is -0.613. The number of thiazole rings is 1. The number of halogens is 1. The highest BCUT2D eigenvalue weighted by atomic mass is 79.9. The quantitative estimate of drug-likeness (QED) is 0.871. The van der Waals surface area contributed by atoms with Crippen molar-refractivity contribution in [1.29, 1.82) is 0 Å². The summed E-state index contributed by atoms with van der Waals surface area (Å²) in [5, 5.41) is 15.9. The van der Waals surface area contributed by atoms with Crippen molar-refractivity contribution in [2.24, 2.45) is 0 Å². The fourth-order valence-corrected chi connectivity index (χ4v) is 2.22. The summed E-state index contributed by atoms with van der Waals surface area (Å²) in [5.74, 6) is 0. The Labute approximate surface area is 96.7 Å². The van der Waals surface area contributed by atoms with Gasteiger partial charge in [0, 0.05) is 11.9 Å². The minimum Gasteiger partial charge on any atom is -0.388 e. The van der Waals surface area contributed by atoms with E-state index < -0.39 is 5.60 Å². The molecular formula is C9H15BrN2OS. The lowest BCUT2D eigenvalue weighted by atomic mass is 9.98. The van der Waals surface area contributed by atoms with Crippen molar-refractivity contribution in [3.05, 3.63) is 9.98 Å². The van der Waals surface area contributed by atoms with Crippen molar-refractivity contribution in [2.75, 3.05) is 11.9 Å². The zero-order valence-electron chi connectivity index (χ0n) is 8.38. The summed E-state index contributed by atoms with van der Waals surface area (Å²) in [6.45, 7) is 4.53. The van der Waals surface area contributed by atoms with Gasteiger partial charge < -0.3 is 10.4 Å². The fourth-order valence-electron chi connectivity index (χ4n) is 1.08. The average Bonchev–Trinajstić information content (AvgIpc) is 2.61. The molecule has 2 N–H and O–H groups in total. The van der Waals surface area contributed by atoms with Gasteiger partial charge in [-0.15, -0.1) is 11.3 Å². The van der Waals surface area contributed by atoms with Crippen molar-refractivity contribution in [3.8, 4) is 0 Å². The number of hydrogen-bond donors (Lipinski definition) is 2. The van der Waals surface area contributed by atoms with Gasteiger partial charge in [-0.2, -0.15) is 0 Å². The van der Waals surface area contributed by atoms with E-state index in [1.54, 1.807) is 0 Å². The number of nitrogens with zero attached hydrogens (tertiary/aromatic N) is 1. The molecule has 0 bridgehead atoms. The van der Waals surface area contributed by atoms with Crippen LogP contribution in [0.2, 0.25) is 0 Å². The highest BCUT2D eigenvalue weighted by Gasteiger charge is 2.21. The first-order valence-corrected chi connectivity index (χ1v) is 6.34. The molecule has 5 heteroatoms. The van der Waals surface area contributed by atoms with Crippen LogP contribution in [0.1, 0.15) is 26.7 Å². The Bertz CT molecular complexity index is 286. The van der Waals surface area contributed by atoms with Crippen LogP contribution in [0.4, 0.5) is 5.13 Å². The van der Waals surface area contributed by atoms with Gasteiger partial charge in [-0.3, -0.25) is 0 Å². The van der Waals surface area contributed by atoms with E-state index in [0.717, 1.165) is 22.6 Å².